The lowest BCUT2D eigenvalue weighted by atomic mass is 10.0. The molecule has 1 saturated heterocycles. The lowest BCUT2D eigenvalue weighted by Gasteiger charge is -2.36. The van der Waals surface area contributed by atoms with Crippen LogP contribution in [0.5, 0.6) is 0 Å². The second kappa shape index (κ2) is 5.59. The summed E-state index contributed by atoms with van der Waals surface area (Å²) in [5.74, 6) is 0.112. The second-order valence-electron chi connectivity index (χ2n) is 5.55. The van der Waals surface area contributed by atoms with Crippen LogP contribution in [0.25, 0.3) is 10.9 Å². The number of benzene rings is 1. The number of aromatic nitrogens is 1. The summed E-state index contributed by atoms with van der Waals surface area (Å²) in [6, 6.07) is 10.1. The number of piperazine rings is 1. The molecule has 0 spiro atoms. The molecule has 1 aromatic carbocycles. The fourth-order valence-electron chi connectivity index (χ4n) is 3.06. The maximum absolute atomic E-state index is 13.0. The van der Waals surface area contributed by atoms with Gasteiger partial charge in [0.1, 0.15) is 0 Å². The van der Waals surface area contributed by atoms with E-state index in [-0.39, 0.29) is 11.9 Å². The van der Waals surface area contributed by atoms with Gasteiger partial charge in [-0.05, 0) is 46.7 Å². The fraction of sp³-hybridized carbons (Fsp3) is 0.235. The molecule has 2 N–H and O–H groups in total. The van der Waals surface area contributed by atoms with Crippen LogP contribution in [0.15, 0.2) is 47.3 Å². The van der Waals surface area contributed by atoms with E-state index in [2.05, 4.69) is 27.1 Å². The quantitative estimate of drug-likeness (QED) is 0.764. The van der Waals surface area contributed by atoms with Gasteiger partial charge in [-0.3, -0.25) is 4.79 Å². The Kier molecular flexibility index (Phi) is 3.44. The molecule has 4 rings (SSSR count). The Morgan fingerprint density at radius 3 is 3.09 bits per heavy atom. The predicted octanol–water partition coefficient (Wildman–Crippen LogP) is 3.02. The van der Waals surface area contributed by atoms with Crippen LogP contribution in [0.3, 0.4) is 0 Å². The topological polar surface area (TPSA) is 48.1 Å². The minimum Gasteiger partial charge on any atom is -0.361 e. The number of hydrogen-bond donors (Lipinski definition) is 2. The van der Waals surface area contributed by atoms with Crippen molar-refractivity contribution < 1.29 is 4.79 Å². The molecule has 112 valence electrons. The van der Waals surface area contributed by atoms with Gasteiger partial charge in [-0.1, -0.05) is 0 Å². The first-order chi connectivity index (χ1) is 10.8. The highest BCUT2D eigenvalue weighted by atomic mass is 32.1. The number of carbonyl (C=O) groups is 1. The van der Waals surface area contributed by atoms with Gasteiger partial charge in [-0.25, -0.2) is 0 Å². The van der Waals surface area contributed by atoms with Crippen molar-refractivity contribution in [1.82, 2.24) is 15.2 Å². The first-order valence-electron chi connectivity index (χ1n) is 7.44. The van der Waals surface area contributed by atoms with Gasteiger partial charge in [-0.2, -0.15) is 11.3 Å². The van der Waals surface area contributed by atoms with Crippen LogP contribution in [0.4, 0.5) is 0 Å². The van der Waals surface area contributed by atoms with Crippen molar-refractivity contribution in [3.8, 4) is 0 Å². The summed E-state index contributed by atoms with van der Waals surface area (Å²) in [5.41, 5.74) is 3.04. The summed E-state index contributed by atoms with van der Waals surface area (Å²) in [4.78, 5) is 18.1. The molecule has 3 aromatic rings. The molecule has 4 nitrogen and oxygen atoms in total. The zero-order chi connectivity index (χ0) is 14.9. The first kappa shape index (κ1) is 13.5. The highest BCUT2D eigenvalue weighted by molar-refractivity contribution is 7.08. The summed E-state index contributed by atoms with van der Waals surface area (Å²) in [5, 5.41) is 8.67. The van der Waals surface area contributed by atoms with Gasteiger partial charge in [0.05, 0.1) is 6.04 Å². The fourth-order valence-corrected chi connectivity index (χ4v) is 3.77. The van der Waals surface area contributed by atoms with Crippen molar-refractivity contribution in [1.29, 1.82) is 0 Å². The van der Waals surface area contributed by atoms with Crippen molar-refractivity contribution in [2.45, 2.75) is 6.04 Å². The van der Waals surface area contributed by atoms with Gasteiger partial charge in [-0.15, -0.1) is 0 Å². The molecule has 1 amide bonds. The Bertz CT molecular complexity index is 793. The van der Waals surface area contributed by atoms with E-state index in [0.29, 0.717) is 0 Å². The number of hydrogen-bond acceptors (Lipinski definition) is 3. The minimum atomic E-state index is 0.112. The van der Waals surface area contributed by atoms with Crippen LogP contribution < -0.4 is 5.32 Å². The third-order valence-electron chi connectivity index (χ3n) is 4.23. The van der Waals surface area contributed by atoms with Crippen molar-refractivity contribution in [2.24, 2.45) is 0 Å². The Hall–Kier alpha value is -2.11. The summed E-state index contributed by atoms with van der Waals surface area (Å²) in [7, 11) is 0. The SMILES string of the molecule is O=C(c1ccc2[nH]ccc2c1)N1CCNCC1c1ccsc1. The zero-order valence-corrected chi connectivity index (χ0v) is 12.9. The predicted molar refractivity (Wildman–Crippen MR) is 89.3 cm³/mol. The number of carbonyl (C=O) groups excluding carboxylic acids is 1. The highest BCUT2D eigenvalue weighted by Crippen LogP contribution is 2.26. The van der Waals surface area contributed by atoms with Crippen molar-refractivity contribution >= 4 is 28.1 Å². The third-order valence-corrected chi connectivity index (χ3v) is 4.93. The number of rotatable bonds is 2. The van der Waals surface area contributed by atoms with Crippen molar-refractivity contribution in [3.05, 3.63) is 58.4 Å². The smallest absolute Gasteiger partial charge is 0.254 e. The van der Waals surface area contributed by atoms with Crippen LogP contribution >= 0.6 is 11.3 Å². The maximum Gasteiger partial charge on any atom is 0.254 e. The molecule has 1 aliphatic rings. The Labute approximate surface area is 132 Å². The lowest BCUT2D eigenvalue weighted by Crippen LogP contribution is -2.48. The van der Waals surface area contributed by atoms with Crippen LogP contribution in [0.1, 0.15) is 22.0 Å². The largest absolute Gasteiger partial charge is 0.361 e. The van der Waals surface area contributed by atoms with Crippen molar-refractivity contribution in [2.75, 3.05) is 19.6 Å². The van der Waals surface area contributed by atoms with Crippen LogP contribution in [-0.2, 0) is 0 Å². The van der Waals surface area contributed by atoms with Gasteiger partial charge in [0.15, 0.2) is 0 Å². The van der Waals surface area contributed by atoms with E-state index in [0.717, 1.165) is 36.1 Å². The molecule has 1 fully saturated rings. The van der Waals surface area contributed by atoms with Gasteiger partial charge >= 0.3 is 0 Å². The van der Waals surface area contributed by atoms with Crippen LogP contribution in [0, 0.1) is 0 Å². The van der Waals surface area contributed by atoms with Crippen molar-refractivity contribution in [3.63, 3.8) is 0 Å². The Morgan fingerprint density at radius 2 is 2.23 bits per heavy atom. The van der Waals surface area contributed by atoms with Crippen LogP contribution in [-0.4, -0.2) is 35.4 Å². The average molecular weight is 311 g/mol. The van der Waals surface area contributed by atoms with Gasteiger partial charge < -0.3 is 15.2 Å². The number of nitrogens with zero attached hydrogens (tertiary/aromatic N) is 1. The molecule has 1 unspecified atom stereocenters. The Balaban J connectivity index is 1.67. The monoisotopic (exact) mass is 311 g/mol. The summed E-state index contributed by atoms with van der Waals surface area (Å²) in [6.45, 7) is 2.40. The molecule has 3 heterocycles. The molecule has 1 atom stereocenters. The summed E-state index contributed by atoms with van der Waals surface area (Å²) in [6.07, 6.45) is 1.90. The molecule has 5 heteroatoms. The van der Waals surface area contributed by atoms with E-state index in [1.54, 1.807) is 11.3 Å². The number of amides is 1. The van der Waals surface area contributed by atoms with Gasteiger partial charge in [0, 0.05) is 42.3 Å². The van der Waals surface area contributed by atoms with E-state index in [9.17, 15) is 4.79 Å². The normalized spacial score (nSPS) is 18.7. The number of H-pyrrole nitrogens is 1. The molecular weight excluding hydrogens is 294 g/mol. The van der Waals surface area contributed by atoms with E-state index in [1.807, 2.05) is 35.4 Å². The minimum absolute atomic E-state index is 0.112. The zero-order valence-electron chi connectivity index (χ0n) is 12.1. The number of thiophene rings is 1. The lowest BCUT2D eigenvalue weighted by molar-refractivity contribution is 0.0635. The summed E-state index contributed by atoms with van der Waals surface area (Å²) < 4.78 is 0. The molecular formula is C17H17N3OS. The second-order valence-corrected chi connectivity index (χ2v) is 6.33. The Morgan fingerprint density at radius 1 is 1.27 bits per heavy atom. The van der Waals surface area contributed by atoms with E-state index < -0.39 is 0 Å². The average Bonchev–Trinajstić information content (AvgIpc) is 3.24. The van der Waals surface area contributed by atoms with E-state index in [4.69, 9.17) is 0 Å². The number of nitrogens with one attached hydrogen (secondary N) is 2. The summed E-state index contributed by atoms with van der Waals surface area (Å²) >= 11 is 1.68. The van der Waals surface area contributed by atoms with E-state index in [1.165, 1.54) is 5.56 Å². The maximum atomic E-state index is 13.0. The van der Waals surface area contributed by atoms with E-state index >= 15 is 0 Å². The first-order valence-corrected chi connectivity index (χ1v) is 8.38. The van der Waals surface area contributed by atoms with Gasteiger partial charge in [0.25, 0.3) is 5.91 Å². The molecule has 1 aliphatic heterocycles. The van der Waals surface area contributed by atoms with Gasteiger partial charge in [0.2, 0.25) is 0 Å². The molecule has 0 bridgehead atoms. The molecule has 0 aliphatic carbocycles. The van der Waals surface area contributed by atoms with Crippen LogP contribution in [0.2, 0.25) is 0 Å². The number of aromatic amines is 1. The standard InChI is InChI=1S/C17H17N3OS/c21-17(13-1-2-15-12(9-13)3-5-19-15)20-7-6-18-10-16(20)14-4-8-22-11-14/h1-5,8-9,11,16,18-19H,6-7,10H2. The molecule has 2 aromatic heterocycles. The number of fused-ring (bicyclic) bond motifs is 1. The highest BCUT2D eigenvalue weighted by Gasteiger charge is 2.28. The molecule has 0 saturated carbocycles. The molecule has 0 radical (unpaired) electrons. The molecule has 22 heavy (non-hydrogen) atoms. The third kappa shape index (κ3) is 2.32.